The molecule has 0 aliphatic carbocycles. The van der Waals surface area contributed by atoms with Gasteiger partial charge in [0.25, 0.3) is 0 Å². The summed E-state index contributed by atoms with van der Waals surface area (Å²) in [6, 6.07) is -1.41. The molecule has 2 rings (SSSR count). The van der Waals surface area contributed by atoms with Crippen LogP contribution in [0, 0.1) is 5.41 Å². The average Bonchev–Trinajstić information content (AvgIpc) is 3.26. The lowest BCUT2D eigenvalue weighted by molar-refractivity contribution is -0.142. The van der Waals surface area contributed by atoms with E-state index in [1.54, 1.807) is 11.9 Å². The predicted molar refractivity (Wildman–Crippen MR) is 105 cm³/mol. The highest BCUT2D eigenvalue weighted by atomic mass is 16.4. The van der Waals surface area contributed by atoms with Gasteiger partial charge in [0.1, 0.15) is 12.1 Å². The van der Waals surface area contributed by atoms with Crippen molar-refractivity contribution in [1.29, 1.82) is 0 Å². The van der Waals surface area contributed by atoms with Crippen molar-refractivity contribution in [1.82, 2.24) is 20.4 Å². The van der Waals surface area contributed by atoms with Crippen LogP contribution in [0.1, 0.15) is 46.5 Å². The first-order valence-electron chi connectivity index (χ1n) is 9.99. The quantitative estimate of drug-likeness (QED) is 0.416. The van der Waals surface area contributed by atoms with E-state index in [1.165, 1.54) is 4.90 Å². The second kappa shape index (κ2) is 9.24. The van der Waals surface area contributed by atoms with Gasteiger partial charge in [0.2, 0.25) is 17.7 Å². The summed E-state index contributed by atoms with van der Waals surface area (Å²) in [5, 5.41) is 24.8. The van der Waals surface area contributed by atoms with Crippen molar-refractivity contribution < 1.29 is 24.4 Å². The second-order valence-corrected chi connectivity index (χ2v) is 8.74. The Morgan fingerprint density at radius 1 is 1.11 bits per heavy atom. The van der Waals surface area contributed by atoms with Crippen LogP contribution in [0.3, 0.4) is 0 Å². The number of nitrogens with one attached hydrogen (secondary N) is 2. The van der Waals surface area contributed by atoms with Gasteiger partial charge < -0.3 is 30.5 Å². The zero-order valence-corrected chi connectivity index (χ0v) is 17.3. The van der Waals surface area contributed by atoms with Crippen molar-refractivity contribution >= 4 is 24.8 Å². The fourth-order valence-electron chi connectivity index (χ4n) is 4.02. The normalized spacial score (nSPS) is 23.6. The van der Waals surface area contributed by atoms with Crippen molar-refractivity contribution in [2.75, 3.05) is 26.7 Å². The van der Waals surface area contributed by atoms with Crippen LogP contribution in [0.25, 0.3) is 0 Å². The van der Waals surface area contributed by atoms with Gasteiger partial charge in [-0.3, -0.25) is 14.4 Å². The van der Waals surface area contributed by atoms with Crippen molar-refractivity contribution in [3.8, 4) is 0 Å². The summed E-state index contributed by atoms with van der Waals surface area (Å²) < 4.78 is 0. The summed E-state index contributed by atoms with van der Waals surface area (Å²) in [4.78, 5) is 41.4. The third kappa shape index (κ3) is 5.04. The summed E-state index contributed by atoms with van der Waals surface area (Å²) in [7, 11) is 0.0756. The molecular formula is C18H33BN4O5. The molecule has 2 heterocycles. The van der Waals surface area contributed by atoms with E-state index in [0.29, 0.717) is 32.4 Å². The van der Waals surface area contributed by atoms with Gasteiger partial charge in [0.15, 0.2) is 0 Å². The van der Waals surface area contributed by atoms with Crippen LogP contribution < -0.4 is 10.6 Å². The first-order chi connectivity index (χ1) is 13.1. The van der Waals surface area contributed by atoms with E-state index in [-0.39, 0.29) is 24.3 Å². The lowest BCUT2D eigenvalue weighted by atomic mass is 9.77. The maximum Gasteiger partial charge on any atom is 0.475 e. The van der Waals surface area contributed by atoms with Gasteiger partial charge in [-0.05, 0) is 38.1 Å². The van der Waals surface area contributed by atoms with Crippen LogP contribution in [0.2, 0.25) is 0 Å². The van der Waals surface area contributed by atoms with Gasteiger partial charge in [-0.2, -0.15) is 0 Å². The Hall–Kier alpha value is -1.65. The molecule has 0 aromatic carbocycles. The second-order valence-electron chi connectivity index (χ2n) is 8.74. The SMILES string of the molecule is CNCC(=O)N1CCC[C@H]1C(=O)N[C@H](C(=O)N1CCC[C@H]1B(O)O)C(C)(C)C. The molecule has 2 fully saturated rings. The number of carbonyl (C=O) groups excluding carboxylic acids is 3. The number of nitrogens with zero attached hydrogens (tertiary/aromatic N) is 2. The minimum atomic E-state index is -1.60. The van der Waals surface area contributed by atoms with E-state index >= 15 is 0 Å². The van der Waals surface area contributed by atoms with E-state index in [2.05, 4.69) is 10.6 Å². The molecule has 2 saturated heterocycles. The van der Waals surface area contributed by atoms with Gasteiger partial charge in [-0.15, -0.1) is 0 Å². The minimum absolute atomic E-state index is 0.137. The molecule has 2 aliphatic heterocycles. The molecule has 4 N–H and O–H groups in total. The largest absolute Gasteiger partial charge is 0.475 e. The average molecular weight is 396 g/mol. The van der Waals surface area contributed by atoms with Crippen LogP contribution in [0.5, 0.6) is 0 Å². The van der Waals surface area contributed by atoms with E-state index in [1.807, 2.05) is 20.8 Å². The lowest BCUT2D eigenvalue weighted by Gasteiger charge is -2.36. The molecule has 0 spiro atoms. The molecule has 0 saturated carbocycles. The number of carbonyl (C=O) groups is 3. The van der Waals surface area contributed by atoms with Gasteiger partial charge in [-0.1, -0.05) is 20.8 Å². The third-order valence-corrected chi connectivity index (χ3v) is 5.53. The number of likely N-dealkylation sites (tertiary alicyclic amines) is 2. The van der Waals surface area contributed by atoms with Gasteiger partial charge >= 0.3 is 7.12 Å². The van der Waals surface area contributed by atoms with Crippen LogP contribution in [0.15, 0.2) is 0 Å². The fourth-order valence-corrected chi connectivity index (χ4v) is 4.02. The van der Waals surface area contributed by atoms with Gasteiger partial charge in [0.05, 0.1) is 12.5 Å². The first-order valence-corrected chi connectivity index (χ1v) is 9.99. The Kier molecular flexibility index (Phi) is 7.47. The van der Waals surface area contributed by atoms with Crippen LogP contribution >= 0.6 is 0 Å². The smallest absolute Gasteiger partial charge is 0.426 e. The van der Waals surface area contributed by atoms with Crippen LogP contribution in [-0.2, 0) is 14.4 Å². The number of likely N-dealkylation sites (N-methyl/N-ethyl adjacent to an activating group) is 1. The molecule has 0 aromatic heterocycles. The molecule has 0 radical (unpaired) electrons. The van der Waals surface area contributed by atoms with Crippen LogP contribution in [0.4, 0.5) is 0 Å². The molecule has 28 heavy (non-hydrogen) atoms. The number of hydrogen-bond acceptors (Lipinski definition) is 6. The Bertz CT molecular complexity index is 595. The van der Waals surface area contributed by atoms with Gasteiger partial charge in [-0.25, -0.2) is 0 Å². The molecule has 0 unspecified atom stereocenters. The standard InChI is InChI=1S/C18H33BN4O5/c1-18(2,3)15(17(26)23-10-6-8-13(23)19(27)28)21-16(25)12-7-5-9-22(12)14(24)11-20-4/h12-13,15,20,27-28H,5-11H2,1-4H3,(H,21,25)/t12-,13-,15+/m0/s1. The van der Waals surface area contributed by atoms with E-state index in [4.69, 9.17) is 0 Å². The highest BCUT2D eigenvalue weighted by molar-refractivity contribution is 6.43. The zero-order valence-electron chi connectivity index (χ0n) is 17.3. The Balaban J connectivity index is 2.15. The molecular weight excluding hydrogens is 363 g/mol. The van der Waals surface area contributed by atoms with E-state index in [0.717, 1.165) is 6.42 Å². The first kappa shape index (κ1) is 22.6. The fraction of sp³-hybridized carbons (Fsp3) is 0.833. The molecule has 0 bridgehead atoms. The highest BCUT2D eigenvalue weighted by Gasteiger charge is 2.44. The molecule has 9 nitrogen and oxygen atoms in total. The molecule has 3 atom stereocenters. The minimum Gasteiger partial charge on any atom is -0.426 e. The Labute approximate surface area is 167 Å². The number of rotatable bonds is 6. The monoisotopic (exact) mass is 396 g/mol. The van der Waals surface area contributed by atoms with Crippen molar-refractivity contribution in [3.63, 3.8) is 0 Å². The Morgan fingerprint density at radius 2 is 1.71 bits per heavy atom. The summed E-state index contributed by atoms with van der Waals surface area (Å²) in [5.41, 5.74) is -0.571. The topological polar surface area (TPSA) is 122 Å². The summed E-state index contributed by atoms with van der Waals surface area (Å²) >= 11 is 0. The molecule has 2 aliphatic rings. The zero-order chi connectivity index (χ0) is 21.1. The molecule has 158 valence electrons. The Morgan fingerprint density at radius 3 is 2.29 bits per heavy atom. The summed E-state index contributed by atoms with van der Waals surface area (Å²) in [6.45, 7) is 6.69. The molecule has 10 heteroatoms. The number of hydrogen-bond donors (Lipinski definition) is 4. The number of amides is 3. The maximum absolute atomic E-state index is 13.2. The third-order valence-electron chi connectivity index (χ3n) is 5.53. The lowest BCUT2D eigenvalue weighted by Crippen LogP contribution is -2.60. The maximum atomic E-state index is 13.2. The van der Waals surface area contributed by atoms with E-state index < -0.39 is 30.6 Å². The summed E-state index contributed by atoms with van der Waals surface area (Å²) in [5.74, 6) is -1.45. The summed E-state index contributed by atoms with van der Waals surface area (Å²) in [6.07, 6.45) is 2.51. The predicted octanol–water partition coefficient (Wildman–Crippen LogP) is -1.27. The van der Waals surface area contributed by atoms with Crippen LogP contribution in [-0.4, -0.2) is 89.4 Å². The van der Waals surface area contributed by atoms with Gasteiger partial charge in [0, 0.05) is 13.1 Å². The molecule has 0 aromatic rings. The van der Waals surface area contributed by atoms with Crippen molar-refractivity contribution in [3.05, 3.63) is 0 Å². The molecule has 3 amide bonds. The van der Waals surface area contributed by atoms with Crippen molar-refractivity contribution in [2.24, 2.45) is 5.41 Å². The van der Waals surface area contributed by atoms with Crippen molar-refractivity contribution in [2.45, 2.75) is 64.5 Å². The highest BCUT2D eigenvalue weighted by Crippen LogP contribution is 2.27. The van der Waals surface area contributed by atoms with E-state index in [9.17, 15) is 24.4 Å².